The Balaban J connectivity index is 1.59. The second kappa shape index (κ2) is 9.86. The van der Waals surface area contributed by atoms with Gasteiger partial charge in [0.1, 0.15) is 11.9 Å². The van der Waals surface area contributed by atoms with Gasteiger partial charge in [0.2, 0.25) is 11.9 Å². The molecule has 4 rings (SSSR count). The van der Waals surface area contributed by atoms with Gasteiger partial charge >= 0.3 is 5.97 Å². The molecule has 178 valence electrons. The van der Waals surface area contributed by atoms with E-state index in [9.17, 15) is 24.1 Å². The molecule has 11 heteroatoms. The number of benzene rings is 2. The van der Waals surface area contributed by atoms with Crippen LogP contribution in [0.4, 0.5) is 15.8 Å². The number of anilines is 1. The first-order valence-electron chi connectivity index (χ1n) is 10.9. The maximum Gasteiger partial charge on any atom is 0.321 e. The van der Waals surface area contributed by atoms with Crippen LogP contribution in [0.2, 0.25) is 0 Å². The molecule has 2 aliphatic heterocycles. The smallest absolute Gasteiger partial charge is 0.321 e. The van der Waals surface area contributed by atoms with Gasteiger partial charge in [0.05, 0.1) is 11.5 Å². The zero-order valence-corrected chi connectivity index (χ0v) is 18.5. The van der Waals surface area contributed by atoms with Crippen molar-refractivity contribution >= 4 is 29.2 Å². The van der Waals surface area contributed by atoms with Crippen LogP contribution in [0.25, 0.3) is 0 Å². The van der Waals surface area contributed by atoms with Gasteiger partial charge < -0.3 is 14.5 Å². The summed E-state index contributed by atoms with van der Waals surface area (Å²) < 4.78 is 18.3. The molecule has 34 heavy (non-hydrogen) atoms. The maximum absolute atomic E-state index is 13.2. The largest absolute Gasteiger partial charge is 0.465 e. The third-order valence-corrected chi connectivity index (χ3v) is 5.83. The summed E-state index contributed by atoms with van der Waals surface area (Å²) in [5.74, 6) is -2.56. The Labute approximate surface area is 195 Å². The van der Waals surface area contributed by atoms with E-state index in [1.807, 2.05) is 4.90 Å². The van der Waals surface area contributed by atoms with E-state index < -0.39 is 28.8 Å². The molecule has 10 nitrogen and oxygen atoms in total. The molecule has 0 aromatic heterocycles. The first kappa shape index (κ1) is 23.1. The lowest BCUT2D eigenvalue weighted by molar-refractivity contribution is -0.384. The Bertz CT molecular complexity index is 1110. The topological polar surface area (TPSA) is 117 Å². The van der Waals surface area contributed by atoms with Gasteiger partial charge in [0.25, 0.3) is 5.69 Å². The molecule has 1 amide bonds. The molecule has 2 aromatic rings. The molecule has 2 aliphatic rings. The molecular weight excluding hydrogens is 445 g/mol. The number of non-ortho nitro benzene ring substituents is 1. The Hall–Kier alpha value is -4.02. The molecule has 0 spiro atoms. The van der Waals surface area contributed by atoms with Crippen molar-refractivity contribution in [1.82, 2.24) is 10.2 Å². The number of rotatable bonds is 5. The number of hydrogen-bond donors (Lipinski definition) is 1. The van der Waals surface area contributed by atoms with Crippen molar-refractivity contribution in [2.45, 2.75) is 13.0 Å². The number of aliphatic imine (C=N–C) groups is 1. The van der Waals surface area contributed by atoms with E-state index >= 15 is 0 Å². The number of guanidine groups is 1. The van der Waals surface area contributed by atoms with Crippen LogP contribution in [0.3, 0.4) is 0 Å². The fraction of sp³-hybridized carbons (Fsp3) is 0.348. The quantitative estimate of drug-likeness (QED) is 0.309. The van der Waals surface area contributed by atoms with Gasteiger partial charge in [0, 0.05) is 44.0 Å². The van der Waals surface area contributed by atoms with Crippen LogP contribution in [0.5, 0.6) is 0 Å². The number of carbonyl (C=O) groups is 2. The number of esters is 1. The number of piperazine rings is 1. The molecule has 2 heterocycles. The number of amides is 1. The van der Waals surface area contributed by atoms with Crippen molar-refractivity contribution < 1.29 is 23.6 Å². The first-order valence-corrected chi connectivity index (χ1v) is 10.9. The molecule has 2 atom stereocenters. The second-order valence-corrected chi connectivity index (χ2v) is 7.92. The molecule has 1 N–H and O–H groups in total. The van der Waals surface area contributed by atoms with E-state index in [-0.39, 0.29) is 18.1 Å². The van der Waals surface area contributed by atoms with Crippen molar-refractivity contribution in [3.8, 4) is 0 Å². The lowest BCUT2D eigenvalue weighted by Crippen LogP contribution is -2.57. The molecule has 2 aromatic carbocycles. The lowest BCUT2D eigenvalue weighted by Gasteiger charge is -2.39. The van der Waals surface area contributed by atoms with Gasteiger partial charge in [-0.2, -0.15) is 0 Å². The molecule has 0 saturated carbocycles. The van der Waals surface area contributed by atoms with E-state index in [1.54, 1.807) is 25.1 Å². The van der Waals surface area contributed by atoms with E-state index in [4.69, 9.17) is 4.74 Å². The molecular formula is C23H24FN5O5. The van der Waals surface area contributed by atoms with Gasteiger partial charge in [-0.25, -0.2) is 9.38 Å². The van der Waals surface area contributed by atoms with Crippen molar-refractivity contribution in [1.29, 1.82) is 0 Å². The third kappa shape index (κ3) is 4.82. The summed E-state index contributed by atoms with van der Waals surface area (Å²) in [6.07, 6.45) is 0. The van der Waals surface area contributed by atoms with Crippen molar-refractivity contribution in [3.05, 3.63) is 70.0 Å². The molecule has 1 fully saturated rings. The van der Waals surface area contributed by atoms with Crippen molar-refractivity contribution in [3.63, 3.8) is 0 Å². The summed E-state index contributed by atoms with van der Waals surface area (Å²) in [7, 11) is 0. The highest BCUT2D eigenvalue weighted by Gasteiger charge is 2.42. The highest BCUT2D eigenvalue weighted by atomic mass is 19.1. The van der Waals surface area contributed by atoms with Gasteiger partial charge in [-0.15, -0.1) is 0 Å². The maximum atomic E-state index is 13.2. The first-order chi connectivity index (χ1) is 16.4. The summed E-state index contributed by atoms with van der Waals surface area (Å²) in [6, 6.07) is 11.1. The SMILES string of the molecule is CCOC(=O)[C@H]1C(=O)NC(N2CCN(c3ccc(F)cc3)CC2)=N[C@@H]1c1cccc([N+](=O)[O-])c1. The zero-order chi connectivity index (χ0) is 24.2. The van der Waals surface area contributed by atoms with Crippen LogP contribution in [0.1, 0.15) is 18.5 Å². The fourth-order valence-electron chi connectivity index (χ4n) is 4.12. The monoisotopic (exact) mass is 469 g/mol. The molecule has 0 bridgehead atoms. The number of hydrogen-bond acceptors (Lipinski definition) is 8. The van der Waals surface area contributed by atoms with E-state index in [1.165, 1.54) is 30.3 Å². The summed E-state index contributed by atoms with van der Waals surface area (Å²) in [6.45, 7) is 4.01. The molecule has 0 aliphatic carbocycles. The van der Waals surface area contributed by atoms with Gasteiger partial charge in [-0.1, -0.05) is 12.1 Å². The van der Waals surface area contributed by atoms with Crippen molar-refractivity contribution in [2.75, 3.05) is 37.7 Å². The Morgan fingerprint density at radius 1 is 1.18 bits per heavy atom. The van der Waals surface area contributed by atoms with Crippen LogP contribution in [-0.2, 0) is 14.3 Å². The van der Waals surface area contributed by atoms with Crippen LogP contribution < -0.4 is 10.2 Å². The number of nitro benzene ring substituents is 1. The Morgan fingerprint density at radius 2 is 1.85 bits per heavy atom. The normalized spacial score (nSPS) is 20.4. The molecule has 0 radical (unpaired) electrons. The summed E-state index contributed by atoms with van der Waals surface area (Å²) in [5, 5.41) is 14.0. The Kier molecular flexibility index (Phi) is 6.71. The fourth-order valence-corrected chi connectivity index (χ4v) is 4.12. The highest BCUT2D eigenvalue weighted by Crippen LogP contribution is 2.33. The predicted molar refractivity (Wildman–Crippen MR) is 122 cm³/mol. The Morgan fingerprint density at radius 3 is 2.50 bits per heavy atom. The molecule has 0 unspecified atom stereocenters. The third-order valence-electron chi connectivity index (χ3n) is 5.83. The second-order valence-electron chi connectivity index (χ2n) is 7.92. The minimum atomic E-state index is -1.26. The number of nitro groups is 1. The summed E-state index contributed by atoms with van der Waals surface area (Å²) >= 11 is 0. The van der Waals surface area contributed by atoms with Crippen LogP contribution in [0.15, 0.2) is 53.5 Å². The van der Waals surface area contributed by atoms with Gasteiger partial charge in [-0.05, 0) is 36.8 Å². The van der Waals surface area contributed by atoms with E-state index in [2.05, 4.69) is 15.2 Å². The molecule has 1 saturated heterocycles. The average Bonchev–Trinajstić information content (AvgIpc) is 2.84. The highest BCUT2D eigenvalue weighted by molar-refractivity contribution is 6.08. The summed E-state index contributed by atoms with van der Waals surface area (Å²) in [5.41, 5.74) is 1.12. The van der Waals surface area contributed by atoms with Gasteiger partial charge in [-0.3, -0.25) is 25.0 Å². The van der Waals surface area contributed by atoms with Crippen LogP contribution in [-0.4, -0.2) is 60.4 Å². The van der Waals surface area contributed by atoms with Crippen LogP contribution >= 0.6 is 0 Å². The number of nitrogens with one attached hydrogen (secondary N) is 1. The van der Waals surface area contributed by atoms with Crippen molar-refractivity contribution in [2.24, 2.45) is 10.9 Å². The number of halogens is 1. The van der Waals surface area contributed by atoms with Crippen LogP contribution in [0, 0.1) is 21.8 Å². The minimum absolute atomic E-state index is 0.0895. The predicted octanol–water partition coefficient (Wildman–Crippen LogP) is 2.26. The van der Waals surface area contributed by atoms with E-state index in [0.29, 0.717) is 37.7 Å². The number of ether oxygens (including phenoxy) is 1. The average molecular weight is 469 g/mol. The number of nitrogens with zero attached hydrogens (tertiary/aromatic N) is 4. The summed E-state index contributed by atoms with van der Waals surface area (Å²) in [4.78, 5) is 44.9. The number of carbonyl (C=O) groups excluding carboxylic acids is 2. The lowest BCUT2D eigenvalue weighted by atomic mass is 9.91. The standard InChI is InChI=1S/C23H24FN5O5/c1-2-34-22(31)19-20(15-4-3-5-18(14-15)29(32)33)25-23(26-21(19)30)28-12-10-27(11-13-28)17-8-6-16(24)7-9-17/h3-9,14,19-20H,2,10-13H2,1H3,(H,25,26,30)/t19-,20-/m1/s1. The zero-order valence-electron chi connectivity index (χ0n) is 18.5. The minimum Gasteiger partial charge on any atom is -0.465 e. The van der Waals surface area contributed by atoms with E-state index in [0.717, 1.165) is 5.69 Å². The van der Waals surface area contributed by atoms with Gasteiger partial charge in [0.15, 0.2) is 5.92 Å².